The van der Waals surface area contributed by atoms with Crippen LogP contribution in [0.25, 0.3) is 17.2 Å². The van der Waals surface area contributed by atoms with Crippen LogP contribution in [0.3, 0.4) is 0 Å². The van der Waals surface area contributed by atoms with E-state index >= 15 is 0 Å². The van der Waals surface area contributed by atoms with E-state index < -0.39 is 0 Å². The minimum Gasteiger partial charge on any atom is -0.495 e. The first-order valence-electron chi connectivity index (χ1n) is 5.63. The SMILES string of the molecule is COc1cc(-c2ccc3c(c2)C=C[N]3)ccc1Cl. The summed E-state index contributed by atoms with van der Waals surface area (Å²) in [4.78, 5) is 0. The van der Waals surface area contributed by atoms with Gasteiger partial charge in [-0.3, -0.25) is 5.32 Å². The Morgan fingerprint density at radius 2 is 1.83 bits per heavy atom. The van der Waals surface area contributed by atoms with Gasteiger partial charge in [-0.25, -0.2) is 0 Å². The maximum Gasteiger partial charge on any atom is 0.138 e. The fraction of sp³-hybridized carbons (Fsp3) is 0.0667. The number of benzene rings is 2. The van der Waals surface area contributed by atoms with Gasteiger partial charge in [0, 0.05) is 11.8 Å². The molecule has 2 aromatic carbocycles. The van der Waals surface area contributed by atoms with Crippen molar-refractivity contribution in [2.24, 2.45) is 0 Å². The molecule has 2 nitrogen and oxygen atoms in total. The molecule has 3 heteroatoms. The summed E-state index contributed by atoms with van der Waals surface area (Å²) in [6.07, 6.45) is 3.82. The summed E-state index contributed by atoms with van der Waals surface area (Å²) in [6.45, 7) is 0. The number of rotatable bonds is 2. The molecule has 3 rings (SSSR count). The molecule has 0 aromatic heterocycles. The molecular formula is C15H11ClNO. The second-order valence-electron chi connectivity index (χ2n) is 4.07. The Hall–Kier alpha value is -1.93. The summed E-state index contributed by atoms with van der Waals surface area (Å²) >= 11 is 6.03. The Morgan fingerprint density at radius 1 is 1.06 bits per heavy atom. The Labute approximate surface area is 111 Å². The lowest BCUT2D eigenvalue weighted by Crippen LogP contribution is -1.87. The second kappa shape index (κ2) is 4.39. The van der Waals surface area contributed by atoms with Crippen molar-refractivity contribution in [3.8, 4) is 16.9 Å². The molecule has 89 valence electrons. The molecule has 0 saturated heterocycles. The monoisotopic (exact) mass is 256 g/mol. The first-order chi connectivity index (χ1) is 8.78. The summed E-state index contributed by atoms with van der Waals surface area (Å²) < 4.78 is 5.24. The Morgan fingerprint density at radius 3 is 2.67 bits per heavy atom. The van der Waals surface area contributed by atoms with Crippen LogP contribution in [0.5, 0.6) is 5.75 Å². The number of fused-ring (bicyclic) bond motifs is 1. The molecule has 0 aliphatic carbocycles. The molecule has 1 heterocycles. The molecule has 1 aliphatic rings. The molecule has 0 amide bonds. The molecule has 0 saturated carbocycles. The molecule has 1 aliphatic heterocycles. The molecule has 0 fully saturated rings. The molecule has 1 radical (unpaired) electrons. The van der Waals surface area contributed by atoms with Gasteiger partial charge in [0.15, 0.2) is 0 Å². The number of nitrogens with zero attached hydrogens (tertiary/aromatic N) is 1. The maximum atomic E-state index is 6.03. The Balaban J connectivity index is 2.07. The second-order valence-corrected chi connectivity index (χ2v) is 4.47. The third-order valence-corrected chi connectivity index (χ3v) is 3.29. The topological polar surface area (TPSA) is 23.3 Å². The van der Waals surface area contributed by atoms with Crippen LogP contribution in [-0.4, -0.2) is 7.11 Å². The smallest absolute Gasteiger partial charge is 0.138 e. The van der Waals surface area contributed by atoms with E-state index in [1.807, 2.05) is 36.5 Å². The van der Waals surface area contributed by atoms with Crippen molar-refractivity contribution in [1.82, 2.24) is 5.32 Å². The van der Waals surface area contributed by atoms with Crippen LogP contribution in [-0.2, 0) is 0 Å². The summed E-state index contributed by atoms with van der Waals surface area (Å²) in [5.74, 6) is 0.690. The standard InChI is InChI=1S/C15H11ClNO/c1-18-15-9-11(2-4-13(15)16)10-3-5-14-12(8-10)6-7-17-14/h2-9H,1H3. The van der Waals surface area contributed by atoms with Crippen molar-refractivity contribution in [2.75, 3.05) is 7.11 Å². The van der Waals surface area contributed by atoms with E-state index in [2.05, 4.69) is 17.4 Å². The van der Waals surface area contributed by atoms with Gasteiger partial charge >= 0.3 is 0 Å². The highest BCUT2D eigenvalue weighted by molar-refractivity contribution is 6.32. The predicted molar refractivity (Wildman–Crippen MR) is 74.3 cm³/mol. The quantitative estimate of drug-likeness (QED) is 0.788. The van der Waals surface area contributed by atoms with E-state index in [1.54, 1.807) is 7.11 Å². The lowest BCUT2D eigenvalue weighted by molar-refractivity contribution is 0.415. The highest BCUT2D eigenvalue weighted by atomic mass is 35.5. The van der Waals surface area contributed by atoms with Crippen LogP contribution >= 0.6 is 11.6 Å². The maximum absolute atomic E-state index is 6.03. The van der Waals surface area contributed by atoms with E-state index in [9.17, 15) is 0 Å². The Kier molecular flexibility index (Phi) is 2.73. The largest absolute Gasteiger partial charge is 0.495 e. The van der Waals surface area contributed by atoms with Crippen molar-refractivity contribution < 1.29 is 4.74 Å². The van der Waals surface area contributed by atoms with Crippen LogP contribution in [0, 0.1) is 0 Å². The molecule has 18 heavy (non-hydrogen) atoms. The van der Waals surface area contributed by atoms with Crippen molar-refractivity contribution in [3.63, 3.8) is 0 Å². The normalized spacial score (nSPS) is 12.1. The lowest BCUT2D eigenvalue weighted by Gasteiger charge is -2.08. The van der Waals surface area contributed by atoms with Gasteiger partial charge in [0.25, 0.3) is 0 Å². The van der Waals surface area contributed by atoms with Gasteiger partial charge in [-0.15, -0.1) is 0 Å². The van der Waals surface area contributed by atoms with Crippen LogP contribution in [0.4, 0.5) is 5.69 Å². The summed E-state index contributed by atoms with van der Waals surface area (Å²) in [7, 11) is 1.62. The van der Waals surface area contributed by atoms with Gasteiger partial charge in [-0.2, -0.15) is 0 Å². The van der Waals surface area contributed by atoms with Gasteiger partial charge in [0.05, 0.1) is 17.8 Å². The van der Waals surface area contributed by atoms with Crippen molar-refractivity contribution in [3.05, 3.63) is 53.2 Å². The average Bonchev–Trinajstić information content (AvgIpc) is 2.86. The van der Waals surface area contributed by atoms with E-state index in [-0.39, 0.29) is 0 Å². The van der Waals surface area contributed by atoms with Crippen LogP contribution in [0.1, 0.15) is 5.56 Å². The van der Waals surface area contributed by atoms with Crippen molar-refractivity contribution in [1.29, 1.82) is 0 Å². The van der Waals surface area contributed by atoms with Gasteiger partial charge in [-0.1, -0.05) is 23.7 Å². The fourth-order valence-corrected chi connectivity index (χ4v) is 2.22. The van der Waals surface area contributed by atoms with Crippen molar-refractivity contribution >= 4 is 23.4 Å². The van der Waals surface area contributed by atoms with E-state index in [1.165, 1.54) is 0 Å². The minimum atomic E-state index is 0.623. The van der Waals surface area contributed by atoms with Gasteiger partial charge in [-0.05, 0) is 41.5 Å². The van der Waals surface area contributed by atoms with E-state index in [4.69, 9.17) is 16.3 Å². The van der Waals surface area contributed by atoms with E-state index in [0.717, 1.165) is 22.4 Å². The molecule has 0 N–H and O–H groups in total. The molecule has 0 spiro atoms. The fourth-order valence-electron chi connectivity index (χ4n) is 2.02. The summed E-state index contributed by atoms with van der Waals surface area (Å²) in [5.41, 5.74) is 4.37. The molecule has 0 unspecified atom stereocenters. The Bertz CT molecular complexity index is 634. The van der Waals surface area contributed by atoms with Crippen LogP contribution in [0.15, 0.2) is 42.6 Å². The average molecular weight is 257 g/mol. The number of methoxy groups -OCH3 is 1. The predicted octanol–water partition coefficient (Wildman–Crippen LogP) is 4.24. The number of hydrogen-bond acceptors (Lipinski definition) is 1. The third-order valence-electron chi connectivity index (χ3n) is 2.98. The number of halogens is 1. The van der Waals surface area contributed by atoms with Crippen LogP contribution < -0.4 is 10.1 Å². The highest BCUT2D eigenvalue weighted by Gasteiger charge is 2.09. The number of hydrogen-bond donors (Lipinski definition) is 0. The molecular weight excluding hydrogens is 246 g/mol. The van der Waals surface area contributed by atoms with Crippen LogP contribution in [0.2, 0.25) is 5.02 Å². The lowest BCUT2D eigenvalue weighted by atomic mass is 10.0. The molecule has 2 aromatic rings. The zero-order chi connectivity index (χ0) is 12.5. The summed E-state index contributed by atoms with van der Waals surface area (Å²) in [5, 5.41) is 4.88. The third kappa shape index (κ3) is 1.85. The number of ether oxygens (including phenoxy) is 1. The van der Waals surface area contributed by atoms with Crippen molar-refractivity contribution in [2.45, 2.75) is 0 Å². The van der Waals surface area contributed by atoms with Gasteiger partial charge < -0.3 is 4.74 Å². The summed E-state index contributed by atoms with van der Waals surface area (Å²) in [6, 6.07) is 12.0. The highest BCUT2D eigenvalue weighted by Crippen LogP contribution is 2.33. The van der Waals surface area contributed by atoms with Gasteiger partial charge in [0.2, 0.25) is 0 Å². The first kappa shape index (κ1) is 11.2. The van der Waals surface area contributed by atoms with E-state index in [0.29, 0.717) is 10.8 Å². The van der Waals surface area contributed by atoms with Gasteiger partial charge in [0.1, 0.15) is 5.75 Å². The molecule has 0 atom stereocenters. The zero-order valence-electron chi connectivity index (χ0n) is 9.85. The zero-order valence-corrected chi connectivity index (χ0v) is 10.6. The minimum absolute atomic E-state index is 0.623. The first-order valence-corrected chi connectivity index (χ1v) is 6.01. The molecule has 0 bridgehead atoms.